The molecule has 4 rings (SSSR count). The molecule has 0 amide bonds. The average molecular weight is 381 g/mol. The van der Waals surface area contributed by atoms with Gasteiger partial charge in [-0.1, -0.05) is 58.6 Å². The normalized spacial score (nSPS) is 39.2. The van der Waals surface area contributed by atoms with Crippen molar-refractivity contribution in [2.75, 3.05) is 0 Å². The molecular formula is C26H36O2. The maximum atomic E-state index is 12.7. The van der Waals surface area contributed by atoms with Crippen LogP contribution >= 0.6 is 0 Å². The Bertz CT molecular complexity index is 754. The summed E-state index contributed by atoms with van der Waals surface area (Å²) in [6.45, 7) is 6.83. The van der Waals surface area contributed by atoms with Crippen molar-refractivity contribution in [2.24, 2.45) is 28.6 Å². The summed E-state index contributed by atoms with van der Waals surface area (Å²) in [6, 6.07) is 0. The first-order chi connectivity index (χ1) is 13.4. The maximum Gasteiger partial charge on any atom is 0.178 e. The highest BCUT2D eigenvalue weighted by Gasteiger charge is 2.58. The minimum Gasteiger partial charge on any atom is -0.299 e. The summed E-state index contributed by atoms with van der Waals surface area (Å²) in [5.41, 5.74) is 2.53. The van der Waals surface area contributed by atoms with Gasteiger partial charge in [-0.25, -0.2) is 0 Å². The summed E-state index contributed by atoms with van der Waals surface area (Å²) in [5.74, 6) is 2.12. The third-order valence-electron chi connectivity index (χ3n) is 8.56. The molecule has 2 heteroatoms. The molecule has 4 aliphatic rings. The van der Waals surface area contributed by atoms with Crippen LogP contribution in [0.5, 0.6) is 0 Å². The molecule has 0 bridgehead atoms. The molecule has 0 aromatic rings. The first kappa shape index (κ1) is 19.9. The molecule has 0 radical (unpaired) electrons. The van der Waals surface area contributed by atoms with Crippen LogP contribution in [-0.4, -0.2) is 11.6 Å². The Kier molecular flexibility index (Phi) is 5.27. The molecule has 0 spiro atoms. The summed E-state index contributed by atoms with van der Waals surface area (Å²) < 4.78 is 0. The number of hydrogen-bond donors (Lipinski definition) is 0. The van der Waals surface area contributed by atoms with Crippen LogP contribution < -0.4 is 0 Å². The average Bonchev–Trinajstić information content (AvgIpc) is 2.98. The Morgan fingerprint density at radius 2 is 1.82 bits per heavy atom. The number of hydrogen-bond acceptors (Lipinski definition) is 2. The summed E-state index contributed by atoms with van der Waals surface area (Å²) >= 11 is 0. The Labute approximate surface area is 170 Å². The minimum atomic E-state index is -0.115. The van der Waals surface area contributed by atoms with Gasteiger partial charge in [0.15, 0.2) is 5.78 Å². The SMILES string of the molecule is CCCCCCCC1=C[C@@H]2[C@H](CC[C@]3(C)C(=O)CC[C@@H]23)[C@@]2(C)C=CC(=O)C=C12. The molecule has 0 aliphatic heterocycles. The van der Waals surface area contributed by atoms with Gasteiger partial charge in [-0.3, -0.25) is 9.59 Å². The summed E-state index contributed by atoms with van der Waals surface area (Å²) in [7, 11) is 0. The third kappa shape index (κ3) is 3.08. The van der Waals surface area contributed by atoms with E-state index in [1.807, 2.05) is 6.08 Å². The molecule has 152 valence electrons. The second-order valence-corrected chi connectivity index (χ2v) is 10.1. The van der Waals surface area contributed by atoms with E-state index in [0.717, 1.165) is 32.1 Å². The lowest BCUT2D eigenvalue weighted by Gasteiger charge is -2.54. The van der Waals surface area contributed by atoms with Crippen molar-refractivity contribution in [3.05, 3.63) is 35.5 Å². The van der Waals surface area contributed by atoms with Crippen molar-refractivity contribution in [1.82, 2.24) is 0 Å². The van der Waals surface area contributed by atoms with Gasteiger partial charge in [-0.05, 0) is 73.2 Å². The summed E-state index contributed by atoms with van der Waals surface area (Å²) in [4.78, 5) is 24.9. The Balaban J connectivity index is 1.66. The van der Waals surface area contributed by atoms with E-state index in [1.165, 1.54) is 43.3 Å². The lowest BCUT2D eigenvalue weighted by Crippen LogP contribution is -2.49. The van der Waals surface area contributed by atoms with E-state index in [1.54, 1.807) is 6.08 Å². The predicted molar refractivity (Wildman–Crippen MR) is 114 cm³/mol. The highest BCUT2D eigenvalue weighted by Crippen LogP contribution is 2.63. The van der Waals surface area contributed by atoms with Crippen LogP contribution in [0.1, 0.15) is 85.0 Å². The number of ketones is 2. The highest BCUT2D eigenvalue weighted by molar-refractivity contribution is 6.02. The topological polar surface area (TPSA) is 34.1 Å². The van der Waals surface area contributed by atoms with E-state index in [4.69, 9.17) is 0 Å². The van der Waals surface area contributed by atoms with E-state index >= 15 is 0 Å². The van der Waals surface area contributed by atoms with Crippen LogP contribution in [0.2, 0.25) is 0 Å². The Morgan fingerprint density at radius 1 is 1.04 bits per heavy atom. The van der Waals surface area contributed by atoms with Crippen LogP contribution in [0, 0.1) is 28.6 Å². The van der Waals surface area contributed by atoms with E-state index in [0.29, 0.717) is 23.5 Å². The molecule has 0 heterocycles. The quantitative estimate of drug-likeness (QED) is 0.502. The first-order valence-corrected chi connectivity index (χ1v) is 11.6. The van der Waals surface area contributed by atoms with Crippen molar-refractivity contribution >= 4 is 11.6 Å². The van der Waals surface area contributed by atoms with Crippen LogP contribution in [0.25, 0.3) is 0 Å². The van der Waals surface area contributed by atoms with Crippen LogP contribution in [-0.2, 0) is 9.59 Å². The zero-order valence-corrected chi connectivity index (χ0v) is 17.9. The number of carbonyl (C=O) groups is 2. The van der Waals surface area contributed by atoms with Gasteiger partial charge in [-0.15, -0.1) is 0 Å². The number of unbranched alkanes of at least 4 members (excludes halogenated alkanes) is 4. The van der Waals surface area contributed by atoms with Gasteiger partial charge in [-0.2, -0.15) is 0 Å². The standard InChI is InChI=1S/C26H36O2/c1-4-5-6-7-8-9-18-16-20-21-10-11-24(28)26(21,3)15-13-22(20)25(2)14-12-19(27)17-23(18)25/h12,14,16-17,20-22H,4-11,13,15H2,1-3H3/t20-,21-,22-,25+,26-/m0/s1. The first-order valence-electron chi connectivity index (χ1n) is 11.6. The lowest BCUT2D eigenvalue weighted by molar-refractivity contribution is -0.130. The number of rotatable bonds is 6. The van der Waals surface area contributed by atoms with Crippen molar-refractivity contribution in [3.8, 4) is 0 Å². The van der Waals surface area contributed by atoms with E-state index in [-0.39, 0.29) is 16.6 Å². The monoisotopic (exact) mass is 380 g/mol. The second kappa shape index (κ2) is 7.43. The Morgan fingerprint density at radius 3 is 2.61 bits per heavy atom. The van der Waals surface area contributed by atoms with Gasteiger partial charge in [0.05, 0.1) is 0 Å². The Hall–Kier alpha value is -1.44. The molecule has 2 saturated carbocycles. The van der Waals surface area contributed by atoms with Gasteiger partial charge in [0.1, 0.15) is 5.78 Å². The van der Waals surface area contributed by atoms with Crippen molar-refractivity contribution in [3.63, 3.8) is 0 Å². The smallest absolute Gasteiger partial charge is 0.178 e. The van der Waals surface area contributed by atoms with Gasteiger partial charge in [0.25, 0.3) is 0 Å². The van der Waals surface area contributed by atoms with Crippen molar-refractivity contribution < 1.29 is 9.59 Å². The van der Waals surface area contributed by atoms with E-state index in [9.17, 15) is 9.59 Å². The molecule has 0 saturated heterocycles. The molecule has 5 atom stereocenters. The fourth-order valence-electron chi connectivity index (χ4n) is 6.81. The predicted octanol–water partition coefficient (Wildman–Crippen LogP) is 6.37. The summed E-state index contributed by atoms with van der Waals surface area (Å²) in [6.07, 6.45) is 19.8. The van der Waals surface area contributed by atoms with Crippen LogP contribution in [0.4, 0.5) is 0 Å². The van der Waals surface area contributed by atoms with Gasteiger partial charge < -0.3 is 0 Å². The fraction of sp³-hybridized carbons (Fsp3) is 0.692. The van der Waals surface area contributed by atoms with Gasteiger partial charge in [0.2, 0.25) is 0 Å². The third-order valence-corrected chi connectivity index (χ3v) is 8.56. The highest BCUT2D eigenvalue weighted by atomic mass is 16.1. The molecule has 2 fully saturated rings. The van der Waals surface area contributed by atoms with Crippen molar-refractivity contribution in [1.29, 1.82) is 0 Å². The number of fused-ring (bicyclic) bond motifs is 5. The molecular weight excluding hydrogens is 344 g/mol. The van der Waals surface area contributed by atoms with Crippen LogP contribution in [0.15, 0.2) is 35.5 Å². The maximum absolute atomic E-state index is 12.7. The second-order valence-electron chi connectivity index (χ2n) is 10.1. The van der Waals surface area contributed by atoms with Gasteiger partial charge in [0, 0.05) is 17.3 Å². The molecule has 0 unspecified atom stereocenters. The largest absolute Gasteiger partial charge is 0.299 e. The van der Waals surface area contributed by atoms with Gasteiger partial charge >= 0.3 is 0 Å². The molecule has 0 N–H and O–H groups in total. The van der Waals surface area contributed by atoms with Crippen molar-refractivity contribution in [2.45, 2.75) is 85.0 Å². The van der Waals surface area contributed by atoms with Crippen LogP contribution in [0.3, 0.4) is 0 Å². The number of Topliss-reactive ketones (excluding diaryl/α,β-unsaturated/α-hetero) is 1. The molecule has 0 aromatic heterocycles. The molecule has 2 nitrogen and oxygen atoms in total. The summed E-state index contributed by atoms with van der Waals surface area (Å²) in [5, 5.41) is 0. The molecule has 0 aromatic carbocycles. The molecule has 28 heavy (non-hydrogen) atoms. The number of carbonyl (C=O) groups excluding carboxylic acids is 2. The zero-order valence-electron chi connectivity index (χ0n) is 17.9. The number of allylic oxidation sites excluding steroid dienone is 6. The van der Waals surface area contributed by atoms with E-state index in [2.05, 4.69) is 32.9 Å². The fourth-order valence-corrected chi connectivity index (χ4v) is 6.81. The lowest BCUT2D eigenvalue weighted by atomic mass is 9.49. The molecule has 4 aliphatic carbocycles. The minimum absolute atomic E-state index is 0.0426. The zero-order chi connectivity index (χ0) is 19.9. The van der Waals surface area contributed by atoms with E-state index < -0.39 is 0 Å².